The summed E-state index contributed by atoms with van der Waals surface area (Å²) in [7, 11) is -4.47. The summed E-state index contributed by atoms with van der Waals surface area (Å²) < 4.78 is 83.3. The van der Waals surface area contributed by atoms with Crippen LogP contribution in [0.5, 0.6) is 5.88 Å². The summed E-state index contributed by atoms with van der Waals surface area (Å²) >= 11 is 0. The molecule has 1 aromatic carbocycles. The molecule has 0 aliphatic carbocycles. The molecule has 3 rings (SSSR count). The molecule has 0 spiro atoms. The van der Waals surface area contributed by atoms with Gasteiger partial charge in [0.1, 0.15) is 38.3 Å². The second-order valence-corrected chi connectivity index (χ2v) is 7.76. The van der Waals surface area contributed by atoms with Crippen molar-refractivity contribution in [2.24, 2.45) is 0 Å². The van der Waals surface area contributed by atoms with Gasteiger partial charge in [-0.2, -0.15) is 18.2 Å². The second-order valence-electron chi connectivity index (χ2n) is 5.90. The first kappa shape index (κ1) is 19.9. The fourth-order valence-electron chi connectivity index (χ4n) is 2.51. The summed E-state index contributed by atoms with van der Waals surface area (Å²) in [5, 5.41) is 0. The summed E-state index contributed by atoms with van der Waals surface area (Å²) in [6, 6.07) is 4.63. The molecule has 1 unspecified atom stereocenters. The average molecular weight is 418 g/mol. The number of hydrogen-bond acceptors (Lipinski definition) is 6. The van der Waals surface area contributed by atoms with E-state index in [4.69, 9.17) is 10.5 Å². The van der Waals surface area contributed by atoms with E-state index in [1.54, 1.807) is 0 Å². The Labute approximate surface area is 156 Å². The molecule has 0 radical (unpaired) electrons. The lowest BCUT2D eigenvalue weighted by molar-refractivity contribution is -0.189. The Morgan fingerprint density at radius 3 is 2.46 bits per heavy atom. The van der Waals surface area contributed by atoms with Crippen molar-refractivity contribution in [3.8, 4) is 5.88 Å². The average Bonchev–Trinajstić information content (AvgIpc) is 2.90. The van der Waals surface area contributed by atoms with Crippen LogP contribution in [0.3, 0.4) is 0 Å². The van der Waals surface area contributed by atoms with Crippen molar-refractivity contribution >= 4 is 26.7 Å². The zero-order chi connectivity index (χ0) is 20.9. The zero-order valence-corrected chi connectivity index (χ0v) is 15.3. The molecule has 7 nitrogen and oxygen atoms in total. The van der Waals surface area contributed by atoms with Gasteiger partial charge >= 0.3 is 6.18 Å². The summed E-state index contributed by atoms with van der Waals surface area (Å²) in [5.41, 5.74) is 5.22. The van der Waals surface area contributed by atoms with Gasteiger partial charge in [-0.3, -0.25) is 0 Å². The number of alkyl halides is 3. The van der Waals surface area contributed by atoms with E-state index in [2.05, 4.69) is 15.0 Å². The lowest BCUT2D eigenvalue weighted by Crippen LogP contribution is -2.31. The van der Waals surface area contributed by atoms with Gasteiger partial charge in [0.25, 0.3) is 0 Å². The first-order valence-corrected chi connectivity index (χ1v) is 9.30. The Bertz CT molecular complexity index is 1160. The predicted molar refractivity (Wildman–Crippen MR) is 91.0 cm³/mol. The van der Waals surface area contributed by atoms with Crippen LogP contribution in [0.4, 0.5) is 23.4 Å². The summed E-state index contributed by atoms with van der Waals surface area (Å²) in [6.45, 7) is 2.11. The lowest BCUT2D eigenvalue weighted by Gasteiger charge is -2.17. The van der Waals surface area contributed by atoms with Crippen molar-refractivity contribution < 1.29 is 30.7 Å². The van der Waals surface area contributed by atoms with Crippen LogP contribution in [0.1, 0.15) is 12.7 Å². The maximum absolute atomic E-state index is 14.1. The zero-order valence-electron chi connectivity index (χ0n) is 14.5. The van der Waals surface area contributed by atoms with E-state index < -0.39 is 49.4 Å². The molecule has 0 bridgehead atoms. The maximum atomic E-state index is 14.1. The van der Waals surface area contributed by atoms with Crippen LogP contribution >= 0.6 is 0 Å². The van der Waals surface area contributed by atoms with E-state index in [0.717, 1.165) is 19.1 Å². The van der Waals surface area contributed by atoms with Gasteiger partial charge in [0.15, 0.2) is 6.10 Å². The van der Waals surface area contributed by atoms with Crippen LogP contribution in [0.2, 0.25) is 0 Å². The van der Waals surface area contributed by atoms with Gasteiger partial charge in [-0.05, 0) is 26.0 Å². The molecular formula is C16H14F4N4O3S. The Morgan fingerprint density at radius 1 is 1.21 bits per heavy atom. The minimum Gasteiger partial charge on any atom is -0.463 e. The molecule has 3 N–H and O–H groups in total. The molecule has 0 aliphatic rings. The first-order valence-electron chi connectivity index (χ1n) is 7.81. The molecule has 1 atom stereocenters. The number of nitrogens with zero attached hydrogens (tertiary/aromatic N) is 2. The number of H-pyrrole nitrogens is 1. The van der Waals surface area contributed by atoms with Crippen LogP contribution in [0.15, 0.2) is 34.1 Å². The van der Waals surface area contributed by atoms with E-state index in [1.807, 2.05) is 0 Å². The van der Waals surface area contributed by atoms with E-state index >= 15 is 0 Å². The third kappa shape index (κ3) is 3.35. The van der Waals surface area contributed by atoms with Crippen molar-refractivity contribution in [2.75, 3.05) is 5.73 Å². The molecule has 12 heteroatoms. The molecule has 0 fully saturated rings. The van der Waals surface area contributed by atoms with E-state index in [1.165, 1.54) is 19.1 Å². The quantitative estimate of drug-likeness (QED) is 0.630. The molecule has 0 amide bonds. The number of aryl methyl sites for hydroxylation is 1. The van der Waals surface area contributed by atoms with Gasteiger partial charge in [-0.25, -0.2) is 17.8 Å². The van der Waals surface area contributed by atoms with Crippen LogP contribution < -0.4 is 10.5 Å². The Hall–Kier alpha value is -2.89. The molecule has 0 saturated heterocycles. The van der Waals surface area contributed by atoms with Gasteiger partial charge < -0.3 is 15.5 Å². The molecule has 150 valence electrons. The van der Waals surface area contributed by atoms with Crippen molar-refractivity contribution in [1.82, 2.24) is 15.0 Å². The molecule has 28 heavy (non-hydrogen) atoms. The van der Waals surface area contributed by atoms with Crippen LogP contribution in [-0.2, 0) is 9.84 Å². The first-order chi connectivity index (χ1) is 12.9. The number of fused-ring (bicyclic) bond motifs is 1. The molecule has 2 heterocycles. The van der Waals surface area contributed by atoms with E-state index in [-0.39, 0.29) is 16.9 Å². The third-order valence-electron chi connectivity index (χ3n) is 3.85. The highest BCUT2D eigenvalue weighted by molar-refractivity contribution is 7.92. The number of nitrogen functional groups attached to an aromatic ring is 1. The topological polar surface area (TPSA) is 111 Å². The highest BCUT2D eigenvalue weighted by Crippen LogP contribution is 2.37. The van der Waals surface area contributed by atoms with Gasteiger partial charge in [-0.1, -0.05) is 12.1 Å². The number of rotatable bonds is 4. The van der Waals surface area contributed by atoms with Crippen molar-refractivity contribution in [3.63, 3.8) is 0 Å². The largest absolute Gasteiger partial charge is 0.463 e. The monoisotopic (exact) mass is 418 g/mol. The highest BCUT2D eigenvalue weighted by Gasteiger charge is 2.39. The van der Waals surface area contributed by atoms with Gasteiger partial charge in [0.2, 0.25) is 15.7 Å². The SMILES string of the molecule is Cc1nc(OC(C)C(F)(F)F)c2[nH]c(N)c(S(=O)(=O)c3ccccc3F)c2n1. The number of aromatic amines is 1. The van der Waals surface area contributed by atoms with Crippen molar-refractivity contribution in [1.29, 1.82) is 0 Å². The smallest absolute Gasteiger partial charge is 0.425 e. The Morgan fingerprint density at radius 2 is 1.86 bits per heavy atom. The number of aromatic nitrogens is 3. The fraction of sp³-hybridized carbons (Fsp3) is 0.250. The van der Waals surface area contributed by atoms with Crippen molar-refractivity contribution in [3.05, 3.63) is 35.9 Å². The lowest BCUT2D eigenvalue weighted by atomic mass is 10.3. The van der Waals surface area contributed by atoms with Crippen LogP contribution in [-0.4, -0.2) is 35.6 Å². The van der Waals surface area contributed by atoms with Gasteiger partial charge in [-0.15, -0.1) is 0 Å². The van der Waals surface area contributed by atoms with Crippen molar-refractivity contribution in [2.45, 2.75) is 35.9 Å². The normalized spacial score (nSPS) is 13.6. The minimum absolute atomic E-state index is 0.0548. The van der Waals surface area contributed by atoms with Gasteiger partial charge in [0.05, 0.1) is 0 Å². The molecule has 2 aromatic heterocycles. The summed E-state index contributed by atoms with van der Waals surface area (Å²) in [5.74, 6) is -2.01. The number of hydrogen-bond donors (Lipinski definition) is 2. The minimum atomic E-state index is -4.68. The highest BCUT2D eigenvalue weighted by atomic mass is 32.2. The molecule has 0 aliphatic heterocycles. The van der Waals surface area contributed by atoms with E-state index in [9.17, 15) is 26.0 Å². The number of anilines is 1. The Kier molecular flexibility index (Phi) is 4.69. The summed E-state index contributed by atoms with van der Waals surface area (Å²) in [4.78, 5) is 8.97. The van der Waals surface area contributed by atoms with E-state index in [0.29, 0.717) is 0 Å². The number of nitrogens with two attached hydrogens (primary N) is 1. The third-order valence-corrected chi connectivity index (χ3v) is 5.71. The standard InChI is InChI=1S/C16H14F4N4O3S/c1-7(16(18,19)20)27-15-12-11(22-8(2)23-15)13(14(21)24-12)28(25,26)10-6-4-3-5-9(10)17/h3-7,24H,21H2,1-2H3. The van der Waals surface area contributed by atoms with Crippen LogP contribution in [0.25, 0.3) is 11.0 Å². The number of benzene rings is 1. The number of halogens is 4. The molecule has 0 saturated carbocycles. The predicted octanol–water partition coefficient (Wildman–Crippen LogP) is 3.15. The number of ether oxygens (including phenoxy) is 1. The number of nitrogens with one attached hydrogen (secondary N) is 1. The Balaban J connectivity index is 2.24. The number of sulfone groups is 1. The maximum Gasteiger partial charge on any atom is 0.425 e. The second kappa shape index (κ2) is 6.62. The fourth-order valence-corrected chi connectivity index (χ4v) is 4.05. The molecular weight excluding hydrogens is 404 g/mol. The van der Waals surface area contributed by atoms with Gasteiger partial charge in [0, 0.05) is 0 Å². The van der Waals surface area contributed by atoms with Crippen LogP contribution in [0, 0.1) is 12.7 Å². The molecule has 3 aromatic rings. The summed E-state index contributed by atoms with van der Waals surface area (Å²) in [6.07, 6.45) is -6.90.